The molecule has 0 unspecified atom stereocenters. The zero-order valence-electron chi connectivity index (χ0n) is 10.1. The van der Waals surface area contributed by atoms with E-state index in [1.54, 1.807) is 12.1 Å². The lowest BCUT2D eigenvalue weighted by Gasteiger charge is -2.07. The predicted molar refractivity (Wildman–Crippen MR) is 73.2 cm³/mol. The smallest absolute Gasteiger partial charge is 0.296 e. The molecule has 0 radical (unpaired) electrons. The molecule has 1 aromatic carbocycles. The van der Waals surface area contributed by atoms with E-state index < -0.39 is 16.1 Å². The molecule has 0 bridgehead atoms. The second-order valence-corrected chi connectivity index (χ2v) is 5.10. The molecule has 104 valence electrons. The highest BCUT2D eigenvalue weighted by Gasteiger charge is 2.08. The fraction of sp³-hybridized carbons (Fsp3) is 0. The van der Waals surface area contributed by atoms with Gasteiger partial charge in [0, 0.05) is 18.1 Å². The zero-order chi connectivity index (χ0) is 14.6. The molecule has 9 heteroatoms. The van der Waals surface area contributed by atoms with Gasteiger partial charge in [0.25, 0.3) is 16.1 Å². The molecule has 0 saturated carbocycles. The minimum Gasteiger partial charge on any atom is -0.322 e. The van der Waals surface area contributed by atoms with E-state index in [2.05, 4.69) is 20.0 Å². The van der Waals surface area contributed by atoms with Gasteiger partial charge < -0.3 is 5.32 Å². The van der Waals surface area contributed by atoms with E-state index in [0.29, 0.717) is 5.69 Å². The van der Waals surface area contributed by atoms with E-state index in [0.717, 1.165) is 0 Å². The van der Waals surface area contributed by atoms with Crippen molar-refractivity contribution in [3.8, 4) is 0 Å². The van der Waals surface area contributed by atoms with Gasteiger partial charge in [-0.15, -0.1) is 0 Å². The average molecular weight is 293 g/mol. The van der Waals surface area contributed by atoms with Crippen LogP contribution in [0.3, 0.4) is 0 Å². The first kappa shape index (κ1) is 13.9. The highest BCUT2D eigenvalue weighted by molar-refractivity contribution is 7.90. The van der Waals surface area contributed by atoms with Crippen LogP contribution in [-0.2, 0) is 10.2 Å². The summed E-state index contributed by atoms with van der Waals surface area (Å²) in [7, 11) is -3.86. The highest BCUT2D eigenvalue weighted by atomic mass is 32.2. The van der Waals surface area contributed by atoms with E-state index in [1.165, 1.54) is 30.9 Å². The first-order chi connectivity index (χ1) is 9.44. The van der Waals surface area contributed by atoms with Crippen molar-refractivity contribution in [2.45, 2.75) is 0 Å². The molecule has 2 aromatic rings. The quantitative estimate of drug-likeness (QED) is 0.749. The number of rotatable bonds is 4. The third-order valence-corrected chi connectivity index (χ3v) is 2.72. The van der Waals surface area contributed by atoms with Gasteiger partial charge in [0.2, 0.25) is 0 Å². The van der Waals surface area contributed by atoms with Gasteiger partial charge in [-0.2, -0.15) is 8.42 Å². The molecule has 1 aromatic heterocycles. The lowest BCUT2D eigenvalue weighted by Crippen LogP contribution is -2.21. The molecule has 0 aliphatic heterocycles. The van der Waals surface area contributed by atoms with Crippen molar-refractivity contribution in [3.05, 3.63) is 48.5 Å². The fourth-order valence-corrected chi connectivity index (χ4v) is 1.90. The first-order valence-corrected chi connectivity index (χ1v) is 6.96. The van der Waals surface area contributed by atoms with Crippen LogP contribution in [0.4, 0.5) is 11.4 Å². The van der Waals surface area contributed by atoms with Gasteiger partial charge in [0.05, 0.1) is 11.3 Å². The Balaban J connectivity index is 2.14. The Labute approximate surface area is 115 Å². The van der Waals surface area contributed by atoms with Gasteiger partial charge in [-0.1, -0.05) is 6.07 Å². The van der Waals surface area contributed by atoms with Gasteiger partial charge in [0.15, 0.2) is 0 Å². The third kappa shape index (κ3) is 4.00. The summed E-state index contributed by atoms with van der Waals surface area (Å²) in [6.45, 7) is 0. The van der Waals surface area contributed by atoms with Crippen LogP contribution in [0.2, 0.25) is 0 Å². The molecular weight excluding hydrogens is 282 g/mol. The second-order valence-electron chi connectivity index (χ2n) is 3.81. The molecular formula is C11H11N5O3S. The first-order valence-electron chi connectivity index (χ1n) is 5.41. The Bertz CT molecular complexity index is 718. The maximum absolute atomic E-state index is 11.9. The predicted octanol–water partition coefficient (Wildman–Crippen LogP) is 0.344. The monoisotopic (exact) mass is 293 g/mol. The number of carbonyl (C=O) groups is 1. The Morgan fingerprint density at radius 1 is 1.15 bits per heavy atom. The summed E-state index contributed by atoms with van der Waals surface area (Å²) in [6, 6.07) is 6.12. The van der Waals surface area contributed by atoms with Crippen LogP contribution >= 0.6 is 0 Å². The minimum absolute atomic E-state index is 0.245. The minimum atomic E-state index is -3.86. The van der Waals surface area contributed by atoms with Gasteiger partial charge in [-0.25, -0.2) is 15.1 Å². The molecule has 0 fully saturated rings. The molecule has 0 aliphatic rings. The molecule has 1 heterocycles. The summed E-state index contributed by atoms with van der Waals surface area (Å²) < 4.78 is 23.9. The molecule has 0 atom stereocenters. The largest absolute Gasteiger partial charge is 0.322 e. The zero-order valence-corrected chi connectivity index (χ0v) is 11.0. The number of amides is 1. The number of anilines is 2. The fourth-order valence-electron chi connectivity index (χ4n) is 1.44. The number of carbonyl (C=O) groups excluding carboxylic acids is 1. The summed E-state index contributed by atoms with van der Waals surface area (Å²) in [5, 5.41) is 7.46. The molecule has 4 N–H and O–H groups in total. The van der Waals surface area contributed by atoms with E-state index in [-0.39, 0.29) is 11.3 Å². The Morgan fingerprint density at radius 3 is 2.45 bits per heavy atom. The summed E-state index contributed by atoms with van der Waals surface area (Å²) in [6.07, 6.45) is 4.05. The number of aromatic nitrogens is 2. The summed E-state index contributed by atoms with van der Waals surface area (Å²) in [5.74, 6) is -0.404. The summed E-state index contributed by atoms with van der Waals surface area (Å²) in [4.78, 5) is 19.3. The maximum atomic E-state index is 11.9. The van der Waals surface area contributed by atoms with Crippen molar-refractivity contribution < 1.29 is 13.2 Å². The van der Waals surface area contributed by atoms with Crippen molar-refractivity contribution in [1.82, 2.24) is 9.97 Å². The molecule has 0 aliphatic carbocycles. The highest BCUT2D eigenvalue weighted by Crippen LogP contribution is 2.16. The SMILES string of the molecule is NS(=O)(=O)Nc1cccc(NC(=O)c2cncnc2)c1. The number of benzene rings is 1. The van der Waals surface area contributed by atoms with Gasteiger partial charge >= 0.3 is 0 Å². The number of hydrogen-bond donors (Lipinski definition) is 3. The van der Waals surface area contributed by atoms with Crippen LogP contribution in [0.15, 0.2) is 43.0 Å². The van der Waals surface area contributed by atoms with Crippen LogP contribution in [0.1, 0.15) is 10.4 Å². The van der Waals surface area contributed by atoms with E-state index >= 15 is 0 Å². The normalized spacial score (nSPS) is 10.8. The average Bonchev–Trinajstić information content (AvgIpc) is 2.38. The maximum Gasteiger partial charge on any atom is 0.296 e. The van der Waals surface area contributed by atoms with Crippen LogP contribution < -0.4 is 15.2 Å². The lowest BCUT2D eigenvalue weighted by atomic mass is 10.2. The molecule has 0 saturated heterocycles. The molecule has 0 spiro atoms. The van der Waals surface area contributed by atoms with Gasteiger partial charge in [-0.3, -0.25) is 9.52 Å². The van der Waals surface area contributed by atoms with Crippen molar-refractivity contribution >= 4 is 27.5 Å². The number of nitrogens with two attached hydrogens (primary N) is 1. The van der Waals surface area contributed by atoms with E-state index in [1.807, 2.05) is 0 Å². The second kappa shape index (κ2) is 5.63. The van der Waals surface area contributed by atoms with Crippen LogP contribution in [0, 0.1) is 0 Å². The van der Waals surface area contributed by atoms with Crippen LogP contribution in [0.5, 0.6) is 0 Å². The topological polar surface area (TPSA) is 127 Å². The third-order valence-electron chi connectivity index (χ3n) is 2.20. The van der Waals surface area contributed by atoms with Crippen molar-refractivity contribution in [3.63, 3.8) is 0 Å². The number of nitrogens with zero attached hydrogens (tertiary/aromatic N) is 2. The van der Waals surface area contributed by atoms with Crippen molar-refractivity contribution in [1.29, 1.82) is 0 Å². The van der Waals surface area contributed by atoms with E-state index in [4.69, 9.17) is 5.14 Å². The molecule has 2 rings (SSSR count). The van der Waals surface area contributed by atoms with Gasteiger partial charge in [0.1, 0.15) is 6.33 Å². The Hall–Kier alpha value is -2.52. The van der Waals surface area contributed by atoms with Crippen LogP contribution in [-0.4, -0.2) is 24.3 Å². The molecule has 20 heavy (non-hydrogen) atoms. The number of hydrogen-bond acceptors (Lipinski definition) is 5. The van der Waals surface area contributed by atoms with Gasteiger partial charge in [-0.05, 0) is 18.2 Å². The van der Waals surface area contributed by atoms with Crippen molar-refractivity contribution in [2.75, 3.05) is 10.0 Å². The number of nitrogens with one attached hydrogen (secondary N) is 2. The summed E-state index contributed by atoms with van der Waals surface area (Å²) >= 11 is 0. The summed E-state index contributed by atoms with van der Waals surface area (Å²) in [5.41, 5.74) is 0.944. The Kier molecular flexibility index (Phi) is 3.91. The van der Waals surface area contributed by atoms with Crippen molar-refractivity contribution in [2.24, 2.45) is 5.14 Å². The lowest BCUT2D eigenvalue weighted by molar-refractivity contribution is 0.102. The standard InChI is InChI=1S/C11H11N5O3S/c12-20(18,19)16-10-3-1-2-9(4-10)15-11(17)8-5-13-7-14-6-8/h1-7,16H,(H,15,17)(H2,12,18,19). The molecule has 1 amide bonds. The Morgan fingerprint density at radius 2 is 1.80 bits per heavy atom. The van der Waals surface area contributed by atoms with Crippen LogP contribution in [0.25, 0.3) is 0 Å². The molecule has 8 nitrogen and oxygen atoms in total. The van der Waals surface area contributed by atoms with E-state index in [9.17, 15) is 13.2 Å².